The molecule has 1 aromatic heterocycles. The SMILES string of the molecule is CC(C)C(NC(=O)c1ccc(Cl)cc1Cl)C(=O)NN=Cc1ccc2c(c1)n(C)c(=O)n2C. The Kier molecular flexibility index (Phi) is 7.06. The number of nitrogens with zero attached hydrogens (tertiary/aromatic N) is 3. The molecule has 0 saturated carbocycles. The number of rotatable bonds is 6. The van der Waals surface area contributed by atoms with E-state index in [2.05, 4.69) is 15.8 Å². The molecule has 3 aromatic rings. The molecule has 0 saturated heterocycles. The zero-order valence-electron chi connectivity index (χ0n) is 18.0. The third-order valence-electron chi connectivity index (χ3n) is 5.10. The number of fused-ring (bicyclic) bond motifs is 1. The van der Waals surface area contributed by atoms with E-state index in [0.29, 0.717) is 10.6 Å². The number of carbonyl (C=O) groups is 2. The van der Waals surface area contributed by atoms with Crippen molar-refractivity contribution in [2.24, 2.45) is 25.1 Å². The minimum atomic E-state index is -0.830. The zero-order valence-corrected chi connectivity index (χ0v) is 19.5. The van der Waals surface area contributed by atoms with E-state index in [1.807, 2.05) is 19.9 Å². The molecular formula is C22H23Cl2N5O3. The van der Waals surface area contributed by atoms with Crippen molar-refractivity contribution >= 4 is 52.3 Å². The lowest BCUT2D eigenvalue weighted by atomic mass is 10.0. The first kappa shape index (κ1) is 23.6. The monoisotopic (exact) mass is 475 g/mol. The van der Waals surface area contributed by atoms with E-state index >= 15 is 0 Å². The molecule has 1 atom stereocenters. The van der Waals surface area contributed by atoms with Gasteiger partial charge in [-0.15, -0.1) is 0 Å². The van der Waals surface area contributed by atoms with E-state index in [0.717, 1.165) is 11.0 Å². The van der Waals surface area contributed by atoms with Crippen molar-refractivity contribution in [2.45, 2.75) is 19.9 Å². The van der Waals surface area contributed by atoms with Gasteiger partial charge in [0.25, 0.3) is 11.8 Å². The predicted octanol–water partition coefficient (Wildman–Crippen LogP) is 3.09. The summed E-state index contributed by atoms with van der Waals surface area (Å²) in [6, 6.07) is 9.10. The molecule has 3 rings (SSSR count). The fourth-order valence-corrected chi connectivity index (χ4v) is 3.77. The van der Waals surface area contributed by atoms with E-state index in [1.165, 1.54) is 22.9 Å². The van der Waals surface area contributed by atoms with Crippen molar-refractivity contribution in [2.75, 3.05) is 0 Å². The van der Waals surface area contributed by atoms with Gasteiger partial charge in [0.05, 0.1) is 27.8 Å². The third kappa shape index (κ3) is 4.87. The summed E-state index contributed by atoms with van der Waals surface area (Å²) in [7, 11) is 3.40. The minimum Gasteiger partial charge on any atom is -0.340 e. The van der Waals surface area contributed by atoms with Crippen LogP contribution in [0.25, 0.3) is 11.0 Å². The van der Waals surface area contributed by atoms with Gasteiger partial charge < -0.3 is 5.32 Å². The molecule has 0 aliphatic rings. The first-order chi connectivity index (χ1) is 15.1. The van der Waals surface area contributed by atoms with E-state index < -0.39 is 17.9 Å². The van der Waals surface area contributed by atoms with Crippen LogP contribution in [0.5, 0.6) is 0 Å². The quantitative estimate of drug-likeness (QED) is 0.423. The molecule has 8 nitrogen and oxygen atoms in total. The number of amides is 2. The molecule has 0 aliphatic carbocycles. The summed E-state index contributed by atoms with van der Waals surface area (Å²) >= 11 is 12.0. The number of nitrogens with one attached hydrogen (secondary N) is 2. The van der Waals surface area contributed by atoms with E-state index in [1.54, 1.807) is 36.9 Å². The van der Waals surface area contributed by atoms with Gasteiger partial charge in [0, 0.05) is 19.1 Å². The van der Waals surface area contributed by atoms with Crippen molar-refractivity contribution in [3.8, 4) is 0 Å². The number of hydrogen-bond acceptors (Lipinski definition) is 4. The normalized spacial score (nSPS) is 12.5. The maximum absolute atomic E-state index is 12.7. The van der Waals surface area contributed by atoms with Crippen molar-refractivity contribution in [1.29, 1.82) is 0 Å². The van der Waals surface area contributed by atoms with Crippen LogP contribution in [0.3, 0.4) is 0 Å². The molecule has 0 radical (unpaired) electrons. The van der Waals surface area contributed by atoms with Gasteiger partial charge in [0.15, 0.2) is 0 Å². The lowest BCUT2D eigenvalue weighted by molar-refractivity contribution is -0.123. The van der Waals surface area contributed by atoms with Crippen LogP contribution in [-0.2, 0) is 18.9 Å². The second-order valence-electron chi connectivity index (χ2n) is 7.70. The number of halogens is 2. The van der Waals surface area contributed by atoms with Gasteiger partial charge in [-0.25, -0.2) is 10.2 Å². The number of benzene rings is 2. The Morgan fingerprint density at radius 1 is 1.03 bits per heavy atom. The van der Waals surface area contributed by atoms with Crippen LogP contribution in [0.4, 0.5) is 0 Å². The highest BCUT2D eigenvalue weighted by atomic mass is 35.5. The van der Waals surface area contributed by atoms with Crippen LogP contribution >= 0.6 is 23.2 Å². The number of carbonyl (C=O) groups excluding carboxylic acids is 2. The maximum atomic E-state index is 12.7. The Balaban J connectivity index is 1.71. The second kappa shape index (κ2) is 9.58. The number of hydrogen-bond donors (Lipinski definition) is 2. The molecule has 2 N–H and O–H groups in total. The topological polar surface area (TPSA) is 97.5 Å². The average Bonchev–Trinajstić information content (AvgIpc) is 2.95. The van der Waals surface area contributed by atoms with Crippen LogP contribution < -0.4 is 16.4 Å². The van der Waals surface area contributed by atoms with Crippen LogP contribution in [0.2, 0.25) is 10.0 Å². The van der Waals surface area contributed by atoms with E-state index in [-0.39, 0.29) is 22.2 Å². The summed E-state index contributed by atoms with van der Waals surface area (Å²) in [6.07, 6.45) is 1.48. The molecule has 1 heterocycles. The lowest BCUT2D eigenvalue weighted by Crippen LogP contribution is -2.48. The molecule has 0 bridgehead atoms. The van der Waals surface area contributed by atoms with Gasteiger partial charge in [-0.1, -0.05) is 43.1 Å². The smallest absolute Gasteiger partial charge is 0.328 e. The molecule has 0 aliphatic heterocycles. The number of hydrazone groups is 1. The summed E-state index contributed by atoms with van der Waals surface area (Å²) in [5.74, 6) is -1.15. The van der Waals surface area contributed by atoms with Gasteiger partial charge in [-0.3, -0.25) is 18.7 Å². The summed E-state index contributed by atoms with van der Waals surface area (Å²) in [5.41, 5.74) is 4.81. The van der Waals surface area contributed by atoms with Gasteiger partial charge in [-0.2, -0.15) is 5.10 Å². The number of imidazole rings is 1. The first-order valence-electron chi connectivity index (χ1n) is 9.84. The van der Waals surface area contributed by atoms with Crippen molar-refractivity contribution < 1.29 is 9.59 Å². The summed E-state index contributed by atoms with van der Waals surface area (Å²) < 4.78 is 3.10. The molecule has 168 valence electrons. The van der Waals surface area contributed by atoms with Crippen molar-refractivity contribution in [3.05, 3.63) is 68.1 Å². The van der Waals surface area contributed by atoms with Gasteiger partial charge in [0.1, 0.15) is 6.04 Å². The highest BCUT2D eigenvalue weighted by Gasteiger charge is 2.25. The Hall–Kier alpha value is -3.10. The molecule has 0 spiro atoms. The zero-order chi connectivity index (χ0) is 23.6. The standard InChI is InChI=1S/C22H23Cl2N5O3/c1-12(2)19(26-20(30)15-7-6-14(23)10-16(15)24)21(31)27-25-11-13-5-8-17-18(9-13)29(4)22(32)28(17)3/h5-12,19H,1-4H3,(H,26,30)(H,27,31). The minimum absolute atomic E-state index is 0.126. The van der Waals surface area contributed by atoms with Crippen LogP contribution in [-0.4, -0.2) is 33.2 Å². The molecule has 2 amide bonds. The summed E-state index contributed by atoms with van der Waals surface area (Å²) in [5, 5.41) is 7.30. The summed E-state index contributed by atoms with van der Waals surface area (Å²) in [6.45, 7) is 3.61. The van der Waals surface area contributed by atoms with E-state index in [4.69, 9.17) is 23.2 Å². The molecular weight excluding hydrogens is 453 g/mol. The number of aromatic nitrogens is 2. The number of aryl methyl sites for hydroxylation is 2. The van der Waals surface area contributed by atoms with Gasteiger partial charge in [-0.05, 0) is 41.8 Å². The maximum Gasteiger partial charge on any atom is 0.328 e. The fraction of sp³-hybridized carbons (Fsp3) is 0.273. The van der Waals surface area contributed by atoms with Gasteiger partial charge in [0.2, 0.25) is 0 Å². The van der Waals surface area contributed by atoms with Crippen LogP contribution in [0, 0.1) is 5.92 Å². The molecule has 32 heavy (non-hydrogen) atoms. The third-order valence-corrected chi connectivity index (χ3v) is 5.64. The molecule has 0 fully saturated rings. The lowest BCUT2D eigenvalue weighted by Gasteiger charge is -2.20. The molecule has 10 heteroatoms. The van der Waals surface area contributed by atoms with Gasteiger partial charge >= 0.3 is 5.69 Å². The Labute approximate surface area is 194 Å². The Bertz CT molecular complexity index is 1280. The van der Waals surface area contributed by atoms with Crippen molar-refractivity contribution in [1.82, 2.24) is 19.9 Å². The second-order valence-corrected chi connectivity index (χ2v) is 8.55. The van der Waals surface area contributed by atoms with Crippen molar-refractivity contribution in [3.63, 3.8) is 0 Å². The van der Waals surface area contributed by atoms with Crippen LogP contribution in [0.15, 0.2) is 46.3 Å². The Morgan fingerprint density at radius 3 is 2.38 bits per heavy atom. The van der Waals surface area contributed by atoms with Crippen LogP contribution in [0.1, 0.15) is 29.8 Å². The summed E-state index contributed by atoms with van der Waals surface area (Å²) in [4.78, 5) is 37.3. The first-order valence-corrected chi connectivity index (χ1v) is 10.6. The highest BCUT2D eigenvalue weighted by molar-refractivity contribution is 6.36. The average molecular weight is 476 g/mol. The predicted molar refractivity (Wildman–Crippen MR) is 126 cm³/mol. The largest absolute Gasteiger partial charge is 0.340 e. The molecule has 1 unspecified atom stereocenters. The Morgan fingerprint density at radius 2 is 1.72 bits per heavy atom. The van der Waals surface area contributed by atoms with E-state index in [9.17, 15) is 14.4 Å². The fourth-order valence-electron chi connectivity index (χ4n) is 3.27. The molecule has 2 aromatic carbocycles. The highest BCUT2D eigenvalue weighted by Crippen LogP contribution is 2.21.